The van der Waals surface area contributed by atoms with Crippen molar-refractivity contribution in [1.82, 2.24) is 5.32 Å². The zero-order valence-electron chi connectivity index (χ0n) is 18.0. The minimum Gasteiger partial charge on any atom is -0.465 e. The van der Waals surface area contributed by atoms with E-state index in [1.54, 1.807) is 41.5 Å². The number of hydrogen-bond donors (Lipinski definition) is 1. The van der Waals surface area contributed by atoms with Crippen molar-refractivity contribution in [2.75, 3.05) is 7.11 Å². The van der Waals surface area contributed by atoms with Crippen molar-refractivity contribution in [3.63, 3.8) is 0 Å². The summed E-state index contributed by atoms with van der Waals surface area (Å²) in [6, 6.07) is 4.47. The third kappa shape index (κ3) is 8.76. The van der Waals surface area contributed by atoms with Crippen LogP contribution in [0.15, 0.2) is 24.3 Å². The van der Waals surface area contributed by atoms with E-state index in [9.17, 15) is 19.2 Å². The van der Waals surface area contributed by atoms with E-state index in [-0.39, 0.29) is 17.5 Å². The monoisotopic (exact) mass is 407 g/mol. The topological polar surface area (TPSA) is 108 Å². The molecule has 0 heterocycles. The molecule has 1 N–H and O–H groups in total. The Labute approximate surface area is 170 Å². The standard InChI is InChI=1S/C21H29NO7/c1-20(2,3)28-16(23)12-15(19(26)29-21(4,5)6)22-17(24)13-8-10-14(11-9-13)18(25)27-7/h8-11,15H,12H2,1-7H3,(H,22,24)/t15-/m0/s1. The highest BCUT2D eigenvalue weighted by Crippen LogP contribution is 2.14. The van der Waals surface area contributed by atoms with Crippen molar-refractivity contribution in [1.29, 1.82) is 0 Å². The zero-order valence-corrected chi connectivity index (χ0v) is 18.0. The summed E-state index contributed by atoms with van der Waals surface area (Å²) in [7, 11) is 1.26. The Morgan fingerprint density at radius 1 is 0.862 bits per heavy atom. The molecule has 0 aromatic heterocycles. The van der Waals surface area contributed by atoms with Crippen molar-refractivity contribution in [2.45, 2.75) is 65.2 Å². The molecule has 1 amide bonds. The van der Waals surface area contributed by atoms with Crippen LogP contribution in [0.5, 0.6) is 0 Å². The summed E-state index contributed by atoms with van der Waals surface area (Å²) < 4.78 is 15.2. The third-order valence-corrected chi connectivity index (χ3v) is 3.36. The van der Waals surface area contributed by atoms with Crippen LogP contribution >= 0.6 is 0 Å². The van der Waals surface area contributed by atoms with E-state index in [4.69, 9.17) is 9.47 Å². The molecule has 0 fully saturated rings. The number of hydrogen-bond acceptors (Lipinski definition) is 7. The van der Waals surface area contributed by atoms with Crippen molar-refractivity contribution in [2.24, 2.45) is 0 Å². The van der Waals surface area contributed by atoms with Gasteiger partial charge >= 0.3 is 17.9 Å². The van der Waals surface area contributed by atoms with Crippen LogP contribution in [0.3, 0.4) is 0 Å². The second-order valence-corrected chi connectivity index (χ2v) is 8.42. The molecule has 160 valence electrons. The number of rotatable bonds is 6. The Balaban J connectivity index is 2.97. The average molecular weight is 407 g/mol. The van der Waals surface area contributed by atoms with Crippen LogP contribution in [-0.4, -0.2) is 48.2 Å². The maximum atomic E-state index is 12.6. The summed E-state index contributed by atoms with van der Waals surface area (Å²) in [5, 5.41) is 2.50. The molecular formula is C21H29NO7. The highest BCUT2D eigenvalue weighted by atomic mass is 16.6. The molecule has 0 aliphatic heterocycles. The normalized spacial score (nSPS) is 12.5. The lowest BCUT2D eigenvalue weighted by molar-refractivity contribution is -0.164. The molecule has 0 unspecified atom stereocenters. The molecule has 1 atom stereocenters. The SMILES string of the molecule is COC(=O)c1ccc(C(=O)N[C@@H](CC(=O)OC(C)(C)C)C(=O)OC(C)(C)C)cc1. The maximum Gasteiger partial charge on any atom is 0.337 e. The van der Waals surface area contributed by atoms with Crippen molar-refractivity contribution in [3.05, 3.63) is 35.4 Å². The van der Waals surface area contributed by atoms with E-state index in [1.807, 2.05) is 0 Å². The third-order valence-electron chi connectivity index (χ3n) is 3.36. The fraction of sp³-hybridized carbons (Fsp3) is 0.524. The van der Waals surface area contributed by atoms with Crippen molar-refractivity contribution in [3.8, 4) is 0 Å². The largest absolute Gasteiger partial charge is 0.465 e. The van der Waals surface area contributed by atoms with E-state index in [0.29, 0.717) is 0 Å². The summed E-state index contributed by atoms with van der Waals surface area (Å²) >= 11 is 0. The molecule has 0 saturated carbocycles. The van der Waals surface area contributed by atoms with Gasteiger partial charge in [-0.3, -0.25) is 9.59 Å². The van der Waals surface area contributed by atoms with Gasteiger partial charge in [0.15, 0.2) is 0 Å². The molecule has 1 aromatic rings. The predicted molar refractivity (Wildman–Crippen MR) is 105 cm³/mol. The smallest absolute Gasteiger partial charge is 0.337 e. The summed E-state index contributed by atoms with van der Waals surface area (Å²) in [5.74, 6) is -2.52. The van der Waals surface area contributed by atoms with Gasteiger partial charge in [0.2, 0.25) is 0 Å². The van der Waals surface area contributed by atoms with E-state index < -0.39 is 41.1 Å². The highest BCUT2D eigenvalue weighted by Gasteiger charge is 2.31. The minimum absolute atomic E-state index is 0.204. The van der Waals surface area contributed by atoms with Crippen LogP contribution in [0.4, 0.5) is 0 Å². The van der Waals surface area contributed by atoms with Crippen molar-refractivity contribution >= 4 is 23.8 Å². The number of carbonyl (C=O) groups excluding carboxylic acids is 4. The molecule has 0 saturated heterocycles. The molecule has 0 aliphatic carbocycles. The Morgan fingerprint density at radius 2 is 1.34 bits per heavy atom. The number of methoxy groups -OCH3 is 1. The van der Waals surface area contributed by atoms with Gasteiger partial charge in [-0.05, 0) is 65.8 Å². The van der Waals surface area contributed by atoms with Gasteiger partial charge in [0.05, 0.1) is 19.1 Å². The van der Waals surface area contributed by atoms with Crippen LogP contribution in [0.25, 0.3) is 0 Å². The van der Waals surface area contributed by atoms with Gasteiger partial charge in [-0.1, -0.05) is 0 Å². The van der Waals surface area contributed by atoms with Crippen molar-refractivity contribution < 1.29 is 33.4 Å². The van der Waals surface area contributed by atoms with E-state index >= 15 is 0 Å². The number of amides is 1. The van der Waals surface area contributed by atoms with Gasteiger partial charge in [0.25, 0.3) is 5.91 Å². The van der Waals surface area contributed by atoms with Gasteiger partial charge in [-0.15, -0.1) is 0 Å². The molecule has 8 nitrogen and oxygen atoms in total. The molecule has 0 radical (unpaired) electrons. The van der Waals surface area contributed by atoms with Gasteiger partial charge < -0.3 is 19.5 Å². The molecule has 1 rings (SSSR count). The molecule has 0 bridgehead atoms. The first kappa shape index (κ1) is 24.1. The van der Waals surface area contributed by atoms with Crippen LogP contribution in [0.1, 0.15) is 68.7 Å². The fourth-order valence-corrected chi connectivity index (χ4v) is 2.23. The summed E-state index contributed by atoms with van der Waals surface area (Å²) in [5.41, 5.74) is -1.05. The Bertz CT molecular complexity index is 755. The minimum atomic E-state index is -1.23. The first-order valence-corrected chi connectivity index (χ1v) is 9.16. The number of esters is 3. The Hall–Kier alpha value is -2.90. The second kappa shape index (κ2) is 9.54. The van der Waals surface area contributed by atoms with E-state index in [0.717, 1.165) is 0 Å². The first-order chi connectivity index (χ1) is 13.2. The molecule has 1 aromatic carbocycles. The number of ether oxygens (including phenoxy) is 3. The summed E-state index contributed by atoms with van der Waals surface area (Å²) in [6.07, 6.45) is -0.377. The predicted octanol–water partition coefficient (Wildman–Crippen LogP) is 2.65. The molecule has 8 heteroatoms. The molecule has 0 spiro atoms. The van der Waals surface area contributed by atoms with Crippen LogP contribution in [0, 0.1) is 0 Å². The number of nitrogens with one attached hydrogen (secondary N) is 1. The quantitative estimate of drug-likeness (QED) is 0.570. The zero-order chi connectivity index (χ0) is 22.4. The maximum absolute atomic E-state index is 12.6. The van der Waals surface area contributed by atoms with Crippen LogP contribution < -0.4 is 5.32 Å². The summed E-state index contributed by atoms with van der Waals surface area (Å²) in [6.45, 7) is 10.2. The lowest BCUT2D eigenvalue weighted by atomic mass is 10.1. The first-order valence-electron chi connectivity index (χ1n) is 9.16. The van der Waals surface area contributed by atoms with Gasteiger partial charge in [-0.25, -0.2) is 9.59 Å². The highest BCUT2D eigenvalue weighted by molar-refractivity contribution is 5.98. The lowest BCUT2D eigenvalue weighted by Crippen LogP contribution is -2.46. The van der Waals surface area contributed by atoms with Gasteiger partial charge in [-0.2, -0.15) is 0 Å². The van der Waals surface area contributed by atoms with Gasteiger partial charge in [0, 0.05) is 5.56 Å². The lowest BCUT2D eigenvalue weighted by Gasteiger charge is -2.25. The van der Waals surface area contributed by atoms with E-state index in [1.165, 1.54) is 31.4 Å². The van der Waals surface area contributed by atoms with Crippen LogP contribution in [-0.2, 0) is 23.8 Å². The number of carbonyl (C=O) groups is 4. The Kier molecular flexibility index (Phi) is 7.94. The van der Waals surface area contributed by atoms with Crippen LogP contribution in [0.2, 0.25) is 0 Å². The fourth-order valence-electron chi connectivity index (χ4n) is 2.23. The Morgan fingerprint density at radius 3 is 1.79 bits per heavy atom. The van der Waals surface area contributed by atoms with E-state index in [2.05, 4.69) is 10.1 Å². The molecular weight excluding hydrogens is 378 g/mol. The summed E-state index contributed by atoms with van der Waals surface area (Å²) in [4.78, 5) is 48.7. The molecule has 0 aliphatic rings. The van der Waals surface area contributed by atoms with Gasteiger partial charge in [0.1, 0.15) is 17.2 Å². The average Bonchev–Trinajstić information content (AvgIpc) is 2.57. The number of benzene rings is 1. The molecule has 29 heavy (non-hydrogen) atoms. The second-order valence-electron chi connectivity index (χ2n) is 8.42.